The molecule has 0 unspecified atom stereocenters. The van der Waals surface area contributed by atoms with Gasteiger partial charge >= 0.3 is 6.18 Å². The summed E-state index contributed by atoms with van der Waals surface area (Å²) in [5.41, 5.74) is -0.798. The summed E-state index contributed by atoms with van der Waals surface area (Å²) in [6, 6.07) is 0.939. The second kappa shape index (κ2) is 8.90. The number of carbonyl (C=O) groups is 1. The number of pyridine rings is 1. The number of aromatic nitrogens is 1. The van der Waals surface area contributed by atoms with Crippen molar-refractivity contribution in [2.75, 3.05) is 44.2 Å². The molecule has 1 saturated heterocycles. The first-order chi connectivity index (χ1) is 12.2. The number of halogens is 4. The number of carbonyl (C=O) groups excluding carboxylic acids is 1. The fourth-order valence-electron chi connectivity index (χ4n) is 2.88. The average Bonchev–Trinajstić information content (AvgIpc) is 2.54. The van der Waals surface area contributed by atoms with Gasteiger partial charge in [0.2, 0.25) is 0 Å². The van der Waals surface area contributed by atoms with Crippen LogP contribution in [0, 0.1) is 5.92 Å². The zero-order valence-electron chi connectivity index (χ0n) is 15.0. The predicted octanol–water partition coefficient (Wildman–Crippen LogP) is 1.04. The molecule has 1 aromatic rings. The Bertz CT molecular complexity index is 617. The van der Waals surface area contributed by atoms with Crippen LogP contribution in [-0.4, -0.2) is 45.2 Å². The van der Waals surface area contributed by atoms with Gasteiger partial charge in [0.15, 0.2) is 6.54 Å². The van der Waals surface area contributed by atoms with Crippen molar-refractivity contribution in [3.05, 3.63) is 22.8 Å². The van der Waals surface area contributed by atoms with Gasteiger partial charge in [0.05, 0.1) is 5.56 Å². The summed E-state index contributed by atoms with van der Waals surface area (Å²) in [4.78, 5) is 17.7. The Morgan fingerprint density at radius 3 is 2.58 bits per heavy atom. The number of hydrogen-bond acceptors (Lipinski definition) is 2. The van der Waals surface area contributed by atoms with E-state index in [-0.39, 0.29) is 10.9 Å². The summed E-state index contributed by atoms with van der Waals surface area (Å²) >= 11 is 6.03. The van der Waals surface area contributed by atoms with Crippen molar-refractivity contribution in [2.24, 2.45) is 5.92 Å². The van der Waals surface area contributed by atoms with E-state index in [2.05, 4.69) is 24.1 Å². The Balaban J connectivity index is 1.84. The Labute approximate surface area is 156 Å². The molecule has 1 aliphatic heterocycles. The lowest BCUT2D eigenvalue weighted by atomic mass is 10.1. The lowest BCUT2D eigenvalue weighted by molar-refractivity contribution is -0.892. The van der Waals surface area contributed by atoms with E-state index in [1.807, 2.05) is 4.90 Å². The first-order valence-electron chi connectivity index (χ1n) is 8.80. The van der Waals surface area contributed by atoms with E-state index in [0.717, 1.165) is 36.7 Å². The SMILES string of the molecule is CC(C)CCNC(=O)C[NH+]1CCN(c2[nH+]cc(C(F)(F)F)cc2Cl)CC1. The fraction of sp³-hybridized carbons (Fsp3) is 0.647. The topological polar surface area (TPSA) is 50.9 Å². The summed E-state index contributed by atoms with van der Waals surface area (Å²) in [6.07, 6.45) is -2.54. The standard InChI is InChI=1S/C17H24ClF3N4O/c1-12(2)3-4-22-15(26)11-24-5-7-25(8-6-24)16-14(18)9-13(10-23-16)17(19,20)21/h9-10,12H,3-8,11H2,1-2H3,(H,22,26)/p+2. The van der Waals surface area contributed by atoms with Crippen molar-refractivity contribution in [1.82, 2.24) is 5.32 Å². The van der Waals surface area contributed by atoms with Gasteiger partial charge < -0.3 is 10.2 Å². The maximum atomic E-state index is 12.7. The predicted molar refractivity (Wildman–Crippen MR) is 93.3 cm³/mol. The molecule has 0 spiro atoms. The minimum Gasteiger partial charge on any atom is -0.351 e. The van der Waals surface area contributed by atoms with Crippen LogP contribution in [0.25, 0.3) is 0 Å². The lowest BCUT2D eigenvalue weighted by Gasteiger charge is -2.28. The number of aromatic amines is 1. The van der Waals surface area contributed by atoms with Crippen LogP contribution in [0.5, 0.6) is 0 Å². The summed E-state index contributed by atoms with van der Waals surface area (Å²) in [5.74, 6) is 1.07. The van der Waals surface area contributed by atoms with Crippen molar-refractivity contribution in [2.45, 2.75) is 26.4 Å². The molecular formula is C17H26ClF3N4O+2. The van der Waals surface area contributed by atoms with E-state index in [1.165, 1.54) is 0 Å². The van der Waals surface area contributed by atoms with Crippen LogP contribution in [0.1, 0.15) is 25.8 Å². The number of alkyl halides is 3. The first kappa shape index (κ1) is 20.8. The van der Waals surface area contributed by atoms with Gasteiger partial charge in [-0.25, -0.2) is 9.88 Å². The van der Waals surface area contributed by atoms with E-state index in [1.54, 1.807) is 0 Å². The Morgan fingerprint density at radius 1 is 1.38 bits per heavy atom. The molecule has 0 saturated carbocycles. The highest BCUT2D eigenvalue weighted by Crippen LogP contribution is 2.31. The molecule has 0 atom stereocenters. The maximum Gasteiger partial charge on any atom is 0.419 e. The molecule has 9 heteroatoms. The zero-order valence-corrected chi connectivity index (χ0v) is 15.8. The number of anilines is 1. The molecule has 3 N–H and O–H groups in total. The molecule has 2 heterocycles. The highest BCUT2D eigenvalue weighted by Gasteiger charge is 2.35. The van der Waals surface area contributed by atoms with E-state index in [0.29, 0.717) is 37.9 Å². The first-order valence-corrected chi connectivity index (χ1v) is 9.18. The van der Waals surface area contributed by atoms with Crippen LogP contribution in [0.15, 0.2) is 12.3 Å². The van der Waals surface area contributed by atoms with E-state index < -0.39 is 11.7 Å². The van der Waals surface area contributed by atoms with Crippen molar-refractivity contribution in [3.63, 3.8) is 0 Å². The third kappa shape index (κ3) is 6.02. The van der Waals surface area contributed by atoms with Crippen LogP contribution in [0.4, 0.5) is 19.0 Å². The van der Waals surface area contributed by atoms with Crippen LogP contribution in [0.3, 0.4) is 0 Å². The Morgan fingerprint density at radius 2 is 2.04 bits per heavy atom. The van der Waals surface area contributed by atoms with Crippen molar-refractivity contribution in [1.29, 1.82) is 0 Å². The van der Waals surface area contributed by atoms with Gasteiger partial charge in [0, 0.05) is 6.54 Å². The smallest absolute Gasteiger partial charge is 0.351 e. The summed E-state index contributed by atoms with van der Waals surface area (Å²) < 4.78 is 38.1. The molecule has 1 aliphatic rings. The van der Waals surface area contributed by atoms with E-state index in [9.17, 15) is 18.0 Å². The van der Waals surface area contributed by atoms with E-state index >= 15 is 0 Å². The number of hydrogen-bond donors (Lipinski definition) is 2. The molecule has 2 rings (SSSR count). The molecular weight excluding hydrogens is 369 g/mol. The molecule has 5 nitrogen and oxygen atoms in total. The molecule has 0 bridgehead atoms. The summed E-state index contributed by atoms with van der Waals surface area (Å²) in [5, 5.41) is 2.98. The van der Waals surface area contributed by atoms with Crippen molar-refractivity contribution < 1.29 is 27.8 Å². The molecule has 0 aliphatic carbocycles. The molecule has 1 amide bonds. The molecule has 0 aromatic carbocycles. The van der Waals surface area contributed by atoms with Crippen LogP contribution >= 0.6 is 11.6 Å². The van der Waals surface area contributed by atoms with Gasteiger partial charge in [0.25, 0.3) is 11.7 Å². The highest BCUT2D eigenvalue weighted by molar-refractivity contribution is 6.32. The lowest BCUT2D eigenvalue weighted by Crippen LogP contribution is -3.16. The van der Waals surface area contributed by atoms with Crippen LogP contribution in [-0.2, 0) is 11.0 Å². The largest absolute Gasteiger partial charge is 0.419 e. The minimum atomic E-state index is -4.43. The van der Waals surface area contributed by atoms with Crippen molar-refractivity contribution >= 4 is 23.3 Å². The number of piperazine rings is 1. The molecule has 0 radical (unpaired) electrons. The number of nitrogens with one attached hydrogen (secondary N) is 3. The van der Waals surface area contributed by atoms with Gasteiger partial charge in [-0.05, 0) is 18.4 Å². The van der Waals surface area contributed by atoms with Gasteiger partial charge in [-0.1, -0.05) is 25.4 Å². The molecule has 26 heavy (non-hydrogen) atoms. The summed E-state index contributed by atoms with van der Waals surface area (Å²) in [7, 11) is 0. The van der Waals surface area contributed by atoms with Gasteiger partial charge in [0.1, 0.15) is 37.4 Å². The number of nitrogens with zero attached hydrogens (tertiary/aromatic N) is 1. The molecule has 1 fully saturated rings. The normalized spacial score (nSPS) is 16.2. The fourth-order valence-corrected chi connectivity index (χ4v) is 3.17. The number of amides is 1. The highest BCUT2D eigenvalue weighted by atomic mass is 35.5. The van der Waals surface area contributed by atoms with E-state index in [4.69, 9.17) is 11.6 Å². The van der Waals surface area contributed by atoms with Gasteiger partial charge in [-0.2, -0.15) is 13.2 Å². The minimum absolute atomic E-state index is 0.0354. The van der Waals surface area contributed by atoms with Crippen molar-refractivity contribution in [3.8, 4) is 0 Å². The maximum absolute atomic E-state index is 12.7. The van der Waals surface area contributed by atoms with Crippen LogP contribution < -0.4 is 20.1 Å². The number of rotatable bonds is 6. The number of H-pyrrole nitrogens is 1. The second-order valence-electron chi connectivity index (χ2n) is 7.03. The quantitative estimate of drug-likeness (QED) is 0.757. The molecule has 1 aromatic heterocycles. The van der Waals surface area contributed by atoms with Gasteiger partial charge in [-0.3, -0.25) is 4.79 Å². The average molecular weight is 395 g/mol. The molecule has 146 valence electrons. The summed E-state index contributed by atoms with van der Waals surface area (Å²) in [6.45, 7) is 8.01. The Hall–Kier alpha value is -1.54. The van der Waals surface area contributed by atoms with Crippen LogP contribution in [0.2, 0.25) is 5.02 Å². The second-order valence-corrected chi connectivity index (χ2v) is 7.44. The third-order valence-corrected chi connectivity index (χ3v) is 4.73. The number of quaternary nitrogens is 1. The Kier molecular flexibility index (Phi) is 7.11. The zero-order chi connectivity index (χ0) is 19.3. The van der Waals surface area contributed by atoms with Gasteiger partial charge in [-0.15, -0.1) is 0 Å². The third-order valence-electron chi connectivity index (χ3n) is 4.44. The monoisotopic (exact) mass is 394 g/mol.